The number of para-hydroxylation sites is 1. The van der Waals surface area contributed by atoms with Crippen molar-refractivity contribution in [2.45, 2.75) is 43.9 Å². The van der Waals surface area contributed by atoms with Gasteiger partial charge in [0.1, 0.15) is 5.82 Å². The Morgan fingerprint density at radius 2 is 1.47 bits per heavy atom. The van der Waals surface area contributed by atoms with E-state index in [2.05, 4.69) is 20.8 Å². The van der Waals surface area contributed by atoms with Crippen LogP contribution in [0.2, 0.25) is 0 Å². The molecule has 2 fully saturated rings. The number of carbonyl (C=O) groups excluding carboxylic acids is 1. The van der Waals surface area contributed by atoms with E-state index in [1.54, 1.807) is 24.3 Å². The third kappa shape index (κ3) is 5.13. The molecule has 0 unspecified atom stereocenters. The van der Waals surface area contributed by atoms with E-state index in [-0.39, 0.29) is 23.1 Å². The molecule has 0 bridgehead atoms. The van der Waals surface area contributed by atoms with Crippen LogP contribution in [-0.2, 0) is 20.2 Å². The van der Waals surface area contributed by atoms with Crippen LogP contribution < -0.4 is 4.90 Å². The maximum atomic E-state index is 14.1. The number of benzene rings is 2. The average molecular weight is 488 g/mol. The fraction of sp³-hybridized carbons (Fsp3) is 0.500. The number of amides is 1. The molecule has 4 rings (SSSR count). The van der Waals surface area contributed by atoms with Gasteiger partial charge in [0.2, 0.25) is 15.9 Å². The number of hydrogen-bond donors (Lipinski definition) is 0. The number of piperazine rings is 1. The number of rotatable bonds is 4. The molecule has 2 aliphatic heterocycles. The van der Waals surface area contributed by atoms with Gasteiger partial charge < -0.3 is 9.80 Å². The van der Waals surface area contributed by atoms with Crippen molar-refractivity contribution in [2.24, 2.45) is 5.92 Å². The SMILES string of the molecule is CC(C)(C)c1ccc(S(=O)(=O)N2CCC(C(=O)N3CCN(c4ccccc4F)CC3)CC2)cc1. The second-order valence-electron chi connectivity index (χ2n) is 10.2. The van der Waals surface area contributed by atoms with Crippen molar-refractivity contribution in [3.05, 3.63) is 59.9 Å². The largest absolute Gasteiger partial charge is 0.366 e. The molecule has 0 spiro atoms. The van der Waals surface area contributed by atoms with Crippen LogP contribution >= 0.6 is 0 Å². The lowest BCUT2D eigenvalue weighted by molar-refractivity contribution is -0.137. The van der Waals surface area contributed by atoms with E-state index in [1.165, 1.54) is 10.4 Å². The Balaban J connectivity index is 1.32. The first-order valence-corrected chi connectivity index (χ1v) is 13.4. The fourth-order valence-corrected chi connectivity index (χ4v) is 6.22. The van der Waals surface area contributed by atoms with Gasteiger partial charge in [-0.3, -0.25) is 4.79 Å². The lowest BCUT2D eigenvalue weighted by Gasteiger charge is -2.39. The maximum Gasteiger partial charge on any atom is 0.243 e. The summed E-state index contributed by atoms with van der Waals surface area (Å²) in [6.07, 6.45) is 1.04. The number of nitrogens with zero attached hydrogens (tertiary/aromatic N) is 3. The van der Waals surface area contributed by atoms with E-state index in [9.17, 15) is 17.6 Å². The summed E-state index contributed by atoms with van der Waals surface area (Å²) in [5.41, 5.74) is 1.62. The summed E-state index contributed by atoms with van der Waals surface area (Å²) in [5.74, 6) is -0.335. The second-order valence-corrected chi connectivity index (χ2v) is 12.2. The van der Waals surface area contributed by atoms with Crippen LogP contribution in [0.3, 0.4) is 0 Å². The smallest absolute Gasteiger partial charge is 0.243 e. The fourth-order valence-electron chi connectivity index (χ4n) is 4.75. The predicted molar refractivity (Wildman–Crippen MR) is 132 cm³/mol. The molecule has 2 aromatic carbocycles. The molecule has 8 heteroatoms. The van der Waals surface area contributed by atoms with Crippen LogP contribution in [0.25, 0.3) is 0 Å². The number of halogens is 1. The summed E-state index contributed by atoms with van der Waals surface area (Å²) in [7, 11) is -3.57. The molecule has 0 aromatic heterocycles. The zero-order valence-corrected chi connectivity index (χ0v) is 21.0. The van der Waals surface area contributed by atoms with Gasteiger partial charge in [-0.25, -0.2) is 12.8 Å². The van der Waals surface area contributed by atoms with Crippen LogP contribution in [0.1, 0.15) is 39.2 Å². The predicted octanol–water partition coefficient (Wildman–Crippen LogP) is 3.87. The third-order valence-electron chi connectivity index (χ3n) is 6.95. The van der Waals surface area contributed by atoms with Crippen LogP contribution in [0.4, 0.5) is 10.1 Å². The third-order valence-corrected chi connectivity index (χ3v) is 8.86. The Kier molecular flexibility index (Phi) is 7.01. The molecule has 0 N–H and O–H groups in total. The van der Waals surface area contributed by atoms with E-state index in [4.69, 9.17) is 0 Å². The van der Waals surface area contributed by atoms with Crippen molar-refractivity contribution < 1.29 is 17.6 Å². The van der Waals surface area contributed by atoms with E-state index < -0.39 is 10.0 Å². The van der Waals surface area contributed by atoms with Gasteiger partial charge in [-0.2, -0.15) is 4.31 Å². The topological polar surface area (TPSA) is 60.9 Å². The molecule has 34 heavy (non-hydrogen) atoms. The Hall–Kier alpha value is -2.45. The van der Waals surface area contributed by atoms with Gasteiger partial charge in [-0.15, -0.1) is 0 Å². The number of sulfonamides is 1. The van der Waals surface area contributed by atoms with Crippen molar-refractivity contribution in [1.82, 2.24) is 9.21 Å². The van der Waals surface area contributed by atoms with Crippen molar-refractivity contribution in [3.63, 3.8) is 0 Å². The molecule has 2 heterocycles. The zero-order valence-electron chi connectivity index (χ0n) is 20.2. The normalized spacial score (nSPS) is 18.8. The number of hydrogen-bond acceptors (Lipinski definition) is 4. The summed E-state index contributed by atoms with van der Waals surface area (Å²) < 4.78 is 41.8. The van der Waals surface area contributed by atoms with E-state index in [1.807, 2.05) is 28.0 Å². The van der Waals surface area contributed by atoms with Crippen LogP contribution in [0.15, 0.2) is 53.4 Å². The molecular weight excluding hydrogens is 453 g/mol. The highest BCUT2D eigenvalue weighted by atomic mass is 32.2. The van der Waals surface area contributed by atoms with Crippen molar-refractivity contribution in [1.29, 1.82) is 0 Å². The average Bonchev–Trinajstić information content (AvgIpc) is 2.84. The molecule has 6 nitrogen and oxygen atoms in total. The van der Waals surface area contributed by atoms with Gasteiger partial charge in [-0.05, 0) is 48.1 Å². The Bertz CT molecular complexity index is 1110. The maximum absolute atomic E-state index is 14.1. The van der Waals surface area contributed by atoms with Crippen LogP contribution in [-0.4, -0.2) is 62.8 Å². The summed E-state index contributed by atoms with van der Waals surface area (Å²) in [4.78, 5) is 17.2. The molecule has 0 aliphatic carbocycles. The summed E-state index contributed by atoms with van der Waals surface area (Å²) >= 11 is 0. The molecule has 0 radical (unpaired) electrons. The quantitative estimate of drug-likeness (QED) is 0.657. The van der Waals surface area contributed by atoms with Gasteiger partial charge in [0, 0.05) is 45.2 Å². The second kappa shape index (κ2) is 9.66. The van der Waals surface area contributed by atoms with Crippen LogP contribution in [0.5, 0.6) is 0 Å². The van der Waals surface area contributed by atoms with Gasteiger partial charge in [0.15, 0.2) is 0 Å². The van der Waals surface area contributed by atoms with Gasteiger partial charge in [-0.1, -0.05) is 45.0 Å². The molecule has 0 atom stereocenters. The van der Waals surface area contributed by atoms with Crippen molar-refractivity contribution >= 4 is 21.6 Å². The van der Waals surface area contributed by atoms with Gasteiger partial charge in [0.25, 0.3) is 0 Å². The minimum Gasteiger partial charge on any atom is -0.366 e. The van der Waals surface area contributed by atoms with E-state index in [0.717, 1.165) is 5.56 Å². The van der Waals surface area contributed by atoms with Gasteiger partial charge >= 0.3 is 0 Å². The Morgan fingerprint density at radius 3 is 2.03 bits per heavy atom. The van der Waals surface area contributed by atoms with E-state index >= 15 is 0 Å². The molecule has 2 aromatic rings. The molecule has 0 saturated carbocycles. The van der Waals surface area contributed by atoms with Crippen molar-refractivity contribution in [3.8, 4) is 0 Å². The molecule has 184 valence electrons. The number of anilines is 1. The molecule has 2 saturated heterocycles. The minimum atomic E-state index is -3.57. The lowest BCUT2D eigenvalue weighted by Crippen LogP contribution is -2.52. The highest BCUT2D eigenvalue weighted by molar-refractivity contribution is 7.89. The molecule has 2 aliphatic rings. The first kappa shape index (κ1) is 24.7. The summed E-state index contributed by atoms with van der Waals surface area (Å²) in [6, 6.07) is 13.8. The first-order chi connectivity index (χ1) is 16.1. The highest BCUT2D eigenvalue weighted by Gasteiger charge is 2.35. The number of piperidine rings is 1. The van der Waals surface area contributed by atoms with Gasteiger partial charge in [0.05, 0.1) is 10.6 Å². The van der Waals surface area contributed by atoms with Crippen molar-refractivity contribution in [2.75, 3.05) is 44.2 Å². The number of carbonyl (C=O) groups is 1. The summed E-state index contributed by atoms with van der Waals surface area (Å²) in [5, 5.41) is 0. The van der Waals surface area contributed by atoms with Crippen LogP contribution in [0, 0.1) is 11.7 Å². The lowest BCUT2D eigenvalue weighted by atomic mass is 9.87. The van der Waals surface area contributed by atoms with E-state index in [0.29, 0.717) is 62.7 Å². The standard InChI is InChI=1S/C26H34FN3O3S/c1-26(2,3)21-8-10-22(11-9-21)34(32,33)30-14-12-20(13-15-30)25(31)29-18-16-28(17-19-29)24-7-5-4-6-23(24)27/h4-11,20H,12-19H2,1-3H3. The molecular formula is C26H34FN3O3S. The highest BCUT2D eigenvalue weighted by Crippen LogP contribution is 2.28. The zero-order chi connectivity index (χ0) is 24.5. The monoisotopic (exact) mass is 487 g/mol. The summed E-state index contributed by atoms with van der Waals surface area (Å²) in [6.45, 7) is 9.24. The Labute approximate surface area is 202 Å². The Morgan fingerprint density at radius 1 is 0.882 bits per heavy atom. The molecule has 1 amide bonds. The minimum absolute atomic E-state index is 0.0399. The first-order valence-electron chi connectivity index (χ1n) is 12.0.